The lowest BCUT2D eigenvalue weighted by molar-refractivity contribution is -0.384. The van der Waals surface area contributed by atoms with Gasteiger partial charge in [0, 0.05) is 32.6 Å². The van der Waals surface area contributed by atoms with Gasteiger partial charge in [-0.3, -0.25) is 10.1 Å². The second-order valence-electron chi connectivity index (χ2n) is 7.25. The van der Waals surface area contributed by atoms with Crippen molar-refractivity contribution in [1.29, 1.82) is 0 Å². The number of hydrogen-bond acceptors (Lipinski definition) is 10. The van der Waals surface area contributed by atoms with E-state index in [-0.39, 0.29) is 29.3 Å². The van der Waals surface area contributed by atoms with Crippen LogP contribution in [0.25, 0.3) is 0 Å². The third kappa shape index (κ3) is 6.38. The first-order valence-electron chi connectivity index (χ1n) is 10.3. The predicted molar refractivity (Wildman–Crippen MR) is 143 cm³/mol. The molecule has 35 heavy (non-hydrogen) atoms. The van der Waals surface area contributed by atoms with E-state index in [1.165, 1.54) is 18.3 Å². The van der Waals surface area contributed by atoms with Crippen LogP contribution < -0.4 is 16.1 Å². The number of benzene rings is 3. The summed E-state index contributed by atoms with van der Waals surface area (Å²) in [4.78, 5) is 23.5. The van der Waals surface area contributed by atoms with Crippen LogP contribution in [-0.2, 0) is 0 Å². The van der Waals surface area contributed by atoms with Crippen LogP contribution in [0.4, 0.5) is 34.9 Å². The number of hydrazone groups is 1. The van der Waals surface area contributed by atoms with Gasteiger partial charge in [0.05, 0.1) is 11.1 Å². The van der Waals surface area contributed by atoms with Crippen LogP contribution in [-0.4, -0.2) is 31.2 Å². The minimum Gasteiger partial charge on any atom is -0.507 e. The number of phenols is 1. The molecule has 0 radical (unpaired) electrons. The van der Waals surface area contributed by atoms with E-state index < -0.39 is 4.92 Å². The second kappa shape index (κ2) is 10.7. The van der Waals surface area contributed by atoms with E-state index in [9.17, 15) is 15.2 Å². The lowest BCUT2D eigenvalue weighted by Crippen LogP contribution is -2.07. The molecule has 0 bridgehead atoms. The maximum Gasteiger partial charge on any atom is 0.269 e. The Morgan fingerprint density at radius 1 is 0.971 bits per heavy atom. The number of aryl methyl sites for hydroxylation is 1. The summed E-state index contributed by atoms with van der Waals surface area (Å²) in [6, 6.07) is 18.7. The highest BCUT2D eigenvalue weighted by atomic mass is 127. The Balaban J connectivity index is 1.61. The van der Waals surface area contributed by atoms with Crippen LogP contribution in [0, 0.1) is 20.6 Å². The van der Waals surface area contributed by atoms with Gasteiger partial charge in [-0.15, -0.1) is 0 Å². The van der Waals surface area contributed by atoms with Gasteiger partial charge in [0.25, 0.3) is 5.69 Å². The zero-order chi connectivity index (χ0) is 24.8. The second-order valence-corrected chi connectivity index (χ2v) is 8.49. The van der Waals surface area contributed by atoms with Crippen molar-refractivity contribution in [3.63, 3.8) is 0 Å². The van der Waals surface area contributed by atoms with Gasteiger partial charge in [-0.25, -0.2) is 5.43 Å². The number of rotatable bonds is 8. The summed E-state index contributed by atoms with van der Waals surface area (Å²) in [6.07, 6.45) is 1.46. The van der Waals surface area contributed by atoms with Crippen molar-refractivity contribution < 1.29 is 10.0 Å². The van der Waals surface area contributed by atoms with Crippen LogP contribution in [0.5, 0.6) is 5.75 Å². The summed E-state index contributed by atoms with van der Waals surface area (Å²) in [6.45, 7) is 1.96. The summed E-state index contributed by atoms with van der Waals surface area (Å²) >= 11 is 2.14. The minimum absolute atomic E-state index is 0.0244. The normalized spacial score (nSPS) is 10.8. The molecule has 176 valence electrons. The van der Waals surface area contributed by atoms with Gasteiger partial charge < -0.3 is 15.7 Å². The molecule has 1 aromatic heterocycles. The molecule has 0 spiro atoms. The highest BCUT2D eigenvalue weighted by Gasteiger charge is 2.10. The third-order valence-electron chi connectivity index (χ3n) is 4.72. The number of hydrogen-bond donors (Lipinski definition) is 4. The van der Waals surface area contributed by atoms with Gasteiger partial charge in [0.2, 0.25) is 17.8 Å². The molecular formula is C23H19IN8O3. The summed E-state index contributed by atoms with van der Waals surface area (Å²) in [5.41, 5.74) is 5.63. The summed E-state index contributed by atoms with van der Waals surface area (Å²) in [5, 5.41) is 31.2. The van der Waals surface area contributed by atoms with Gasteiger partial charge in [0.1, 0.15) is 5.75 Å². The van der Waals surface area contributed by atoms with E-state index in [4.69, 9.17) is 0 Å². The molecule has 0 aliphatic carbocycles. The van der Waals surface area contributed by atoms with Crippen LogP contribution in [0.2, 0.25) is 0 Å². The molecule has 11 nitrogen and oxygen atoms in total. The molecule has 0 unspecified atom stereocenters. The van der Waals surface area contributed by atoms with Crippen molar-refractivity contribution in [2.24, 2.45) is 5.10 Å². The lowest BCUT2D eigenvalue weighted by Gasteiger charge is -2.11. The zero-order valence-electron chi connectivity index (χ0n) is 18.3. The number of nitro benzene ring substituents is 1. The Hall–Kier alpha value is -4.33. The molecule has 4 aromatic rings. The molecule has 4 N–H and O–H groups in total. The van der Waals surface area contributed by atoms with Gasteiger partial charge in [-0.2, -0.15) is 20.1 Å². The van der Waals surface area contributed by atoms with Crippen molar-refractivity contribution in [3.05, 3.63) is 91.5 Å². The number of nitro groups is 1. The standard InChI is InChI=1S/C23H19IN8O3/c1-14-4-2-3-5-19(14)27-22-28-21(26-17-7-9-18(10-8-17)32(34)35)29-23(30-22)31-25-13-15-12-16(24)6-11-20(15)33/h2-13,33H,1H3,(H3,26,27,28,29,30,31)/b25-13+. The van der Waals surface area contributed by atoms with E-state index in [1.807, 2.05) is 31.2 Å². The number of nitrogens with one attached hydrogen (secondary N) is 3. The Morgan fingerprint density at radius 3 is 2.37 bits per heavy atom. The fourth-order valence-corrected chi connectivity index (χ4v) is 3.47. The summed E-state index contributed by atoms with van der Waals surface area (Å²) in [7, 11) is 0. The summed E-state index contributed by atoms with van der Waals surface area (Å²) < 4.78 is 0.946. The topological polar surface area (TPSA) is 150 Å². The smallest absolute Gasteiger partial charge is 0.269 e. The number of para-hydroxylation sites is 1. The predicted octanol–water partition coefficient (Wildman–Crippen LogP) is 5.33. The highest BCUT2D eigenvalue weighted by molar-refractivity contribution is 14.1. The molecule has 0 aliphatic heterocycles. The van der Waals surface area contributed by atoms with E-state index in [0.29, 0.717) is 11.3 Å². The quantitative estimate of drug-likeness (QED) is 0.0935. The zero-order valence-corrected chi connectivity index (χ0v) is 20.5. The molecule has 0 fully saturated rings. The Morgan fingerprint density at radius 2 is 1.66 bits per heavy atom. The molecule has 0 saturated carbocycles. The van der Waals surface area contributed by atoms with E-state index >= 15 is 0 Å². The van der Waals surface area contributed by atoms with E-state index in [2.05, 4.69) is 58.7 Å². The van der Waals surface area contributed by atoms with Crippen LogP contribution in [0.15, 0.2) is 71.8 Å². The van der Waals surface area contributed by atoms with Gasteiger partial charge in [-0.05, 0) is 71.5 Å². The summed E-state index contributed by atoms with van der Waals surface area (Å²) in [5.74, 6) is 0.684. The van der Waals surface area contributed by atoms with E-state index in [0.717, 1.165) is 14.8 Å². The molecule has 0 amide bonds. The maximum absolute atomic E-state index is 10.9. The average molecular weight is 582 g/mol. The Kier molecular flexibility index (Phi) is 7.30. The maximum atomic E-state index is 10.9. The third-order valence-corrected chi connectivity index (χ3v) is 5.39. The molecule has 3 aromatic carbocycles. The number of aromatic nitrogens is 3. The largest absolute Gasteiger partial charge is 0.507 e. The van der Waals surface area contributed by atoms with Crippen molar-refractivity contribution in [1.82, 2.24) is 15.0 Å². The van der Waals surface area contributed by atoms with Crippen molar-refractivity contribution in [2.75, 3.05) is 16.1 Å². The van der Waals surface area contributed by atoms with Gasteiger partial charge in [0.15, 0.2) is 0 Å². The van der Waals surface area contributed by atoms with Crippen molar-refractivity contribution in [3.8, 4) is 5.75 Å². The van der Waals surface area contributed by atoms with Crippen LogP contribution >= 0.6 is 22.6 Å². The lowest BCUT2D eigenvalue weighted by atomic mass is 10.2. The molecular weight excluding hydrogens is 563 g/mol. The highest BCUT2D eigenvalue weighted by Crippen LogP contribution is 2.22. The van der Waals surface area contributed by atoms with Crippen LogP contribution in [0.1, 0.15) is 11.1 Å². The van der Waals surface area contributed by atoms with Gasteiger partial charge in [-0.1, -0.05) is 18.2 Å². The number of anilines is 5. The number of halogens is 1. The molecule has 0 atom stereocenters. The van der Waals surface area contributed by atoms with E-state index in [1.54, 1.807) is 30.3 Å². The molecule has 4 rings (SSSR count). The fourth-order valence-electron chi connectivity index (χ4n) is 2.96. The molecule has 12 heteroatoms. The first-order valence-corrected chi connectivity index (χ1v) is 11.3. The monoisotopic (exact) mass is 582 g/mol. The first kappa shape index (κ1) is 23.8. The van der Waals surface area contributed by atoms with Crippen molar-refractivity contribution in [2.45, 2.75) is 6.92 Å². The molecule has 1 heterocycles. The van der Waals surface area contributed by atoms with Crippen LogP contribution in [0.3, 0.4) is 0 Å². The number of non-ortho nitro benzene ring substituents is 1. The van der Waals surface area contributed by atoms with Gasteiger partial charge >= 0.3 is 0 Å². The minimum atomic E-state index is -0.470. The molecule has 0 saturated heterocycles. The SMILES string of the molecule is Cc1ccccc1Nc1nc(N/N=C/c2cc(I)ccc2O)nc(Nc2ccc([N+](=O)[O-])cc2)n1. The van der Waals surface area contributed by atoms with Crippen molar-refractivity contribution >= 4 is 63.7 Å². The Labute approximate surface area is 213 Å². The molecule has 0 aliphatic rings. The number of phenolic OH excluding ortho intramolecular Hbond substituents is 1. The number of aromatic hydroxyl groups is 1. The average Bonchev–Trinajstić information content (AvgIpc) is 2.83. The Bertz CT molecular complexity index is 1400. The number of nitrogens with zero attached hydrogens (tertiary/aromatic N) is 5. The first-order chi connectivity index (χ1) is 16.9. The fraction of sp³-hybridized carbons (Fsp3) is 0.0435.